The van der Waals surface area contributed by atoms with Crippen LogP contribution in [0.2, 0.25) is 0 Å². The Morgan fingerprint density at radius 2 is 2.13 bits per heavy atom. The van der Waals surface area contributed by atoms with E-state index in [0.29, 0.717) is 12.8 Å². The van der Waals surface area contributed by atoms with E-state index in [1.54, 1.807) is 32.5 Å². The highest BCUT2D eigenvalue weighted by Crippen LogP contribution is 2.22. The van der Waals surface area contributed by atoms with Crippen molar-refractivity contribution in [3.8, 4) is 0 Å². The molecule has 0 aromatic carbocycles. The van der Waals surface area contributed by atoms with E-state index >= 15 is 0 Å². The van der Waals surface area contributed by atoms with E-state index < -0.39 is 5.60 Å². The van der Waals surface area contributed by atoms with Gasteiger partial charge in [0.25, 0.3) is 0 Å². The maximum Gasteiger partial charge on any atom is 0.159 e. The van der Waals surface area contributed by atoms with Crippen LogP contribution in [0.3, 0.4) is 0 Å². The summed E-state index contributed by atoms with van der Waals surface area (Å²) in [5, 5.41) is 12.2. The van der Waals surface area contributed by atoms with Gasteiger partial charge in [0.05, 0.1) is 5.60 Å². The molecule has 0 spiro atoms. The fourth-order valence-electron chi connectivity index (χ4n) is 1.48. The topological polar surface area (TPSA) is 38.7 Å². The van der Waals surface area contributed by atoms with Gasteiger partial charge in [0.2, 0.25) is 0 Å². The summed E-state index contributed by atoms with van der Waals surface area (Å²) in [6.07, 6.45) is 0.756. The second-order valence-corrected chi connectivity index (χ2v) is 4.89. The Morgan fingerprint density at radius 3 is 2.60 bits per heavy atom. The number of hydrogen-bond donors (Lipinski definition) is 1. The molecule has 0 aliphatic heterocycles. The fourth-order valence-corrected chi connectivity index (χ4v) is 2.37. The Bertz CT molecular complexity index is 265. The number of thiophene rings is 1. The smallest absolute Gasteiger partial charge is 0.159 e. The SMILES string of the molecule is COC(CC(C)(O)Cc1cccs1)OC. The first-order valence-electron chi connectivity index (χ1n) is 4.88. The van der Waals surface area contributed by atoms with Crippen molar-refractivity contribution in [1.82, 2.24) is 0 Å². The first kappa shape index (κ1) is 12.6. The second-order valence-electron chi connectivity index (χ2n) is 3.86. The molecule has 0 saturated carbocycles. The van der Waals surface area contributed by atoms with Crippen molar-refractivity contribution in [1.29, 1.82) is 0 Å². The van der Waals surface area contributed by atoms with E-state index in [2.05, 4.69) is 0 Å². The first-order valence-corrected chi connectivity index (χ1v) is 5.76. The summed E-state index contributed by atoms with van der Waals surface area (Å²) in [6.45, 7) is 1.80. The molecule has 4 heteroatoms. The van der Waals surface area contributed by atoms with Gasteiger partial charge < -0.3 is 14.6 Å². The molecule has 1 aromatic heterocycles. The monoisotopic (exact) mass is 230 g/mol. The first-order chi connectivity index (χ1) is 7.07. The average Bonchev–Trinajstić information content (AvgIpc) is 2.66. The lowest BCUT2D eigenvalue weighted by Gasteiger charge is -2.26. The average molecular weight is 230 g/mol. The van der Waals surface area contributed by atoms with Crippen molar-refractivity contribution in [2.75, 3.05) is 14.2 Å². The van der Waals surface area contributed by atoms with Crippen LogP contribution in [0.5, 0.6) is 0 Å². The third-order valence-electron chi connectivity index (χ3n) is 2.27. The van der Waals surface area contributed by atoms with Crippen LogP contribution in [0.15, 0.2) is 17.5 Å². The summed E-state index contributed by atoms with van der Waals surface area (Å²) in [6, 6.07) is 4.01. The summed E-state index contributed by atoms with van der Waals surface area (Å²) in [7, 11) is 3.16. The summed E-state index contributed by atoms with van der Waals surface area (Å²) >= 11 is 1.65. The van der Waals surface area contributed by atoms with E-state index in [1.807, 2.05) is 17.5 Å². The Hall–Kier alpha value is -0.420. The molecule has 1 N–H and O–H groups in total. The Kier molecular flexibility index (Phi) is 4.73. The molecule has 1 rings (SSSR count). The van der Waals surface area contributed by atoms with E-state index in [1.165, 1.54) is 4.88 Å². The lowest BCUT2D eigenvalue weighted by molar-refractivity contribution is -0.139. The van der Waals surface area contributed by atoms with Crippen LogP contribution in [0.4, 0.5) is 0 Å². The molecular formula is C11H18O3S. The lowest BCUT2D eigenvalue weighted by atomic mass is 9.97. The van der Waals surface area contributed by atoms with Crippen molar-refractivity contribution in [2.24, 2.45) is 0 Å². The van der Waals surface area contributed by atoms with Crippen LogP contribution < -0.4 is 0 Å². The summed E-state index contributed by atoms with van der Waals surface area (Å²) < 4.78 is 10.2. The summed E-state index contributed by atoms with van der Waals surface area (Å²) in [4.78, 5) is 1.17. The number of methoxy groups -OCH3 is 2. The van der Waals surface area contributed by atoms with Crippen molar-refractivity contribution >= 4 is 11.3 Å². The van der Waals surface area contributed by atoms with Crippen LogP contribution in [0.25, 0.3) is 0 Å². The molecule has 86 valence electrons. The van der Waals surface area contributed by atoms with Gasteiger partial charge >= 0.3 is 0 Å². The van der Waals surface area contributed by atoms with Crippen molar-refractivity contribution in [3.05, 3.63) is 22.4 Å². The summed E-state index contributed by atoms with van der Waals surface area (Å²) in [5.74, 6) is 0. The molecule has 0 saturated heterocycles. The van der Waals surface area contributed by atoms with E-state index in [9.17, 15) is 5.11 Å². The van der Waals surface area contributed by atoms with Gasteiger partial charge in [0, 0.05) is 31.9 Å². The highest BCUT2D eigenvalue weighted by Gasteiger charge is 2.26. The number of hydrogen-bond acceptors (Lipinski definition) is 4. The molecule has 0 bridgehead atoms. The molecule has 3 nitrogen and oxygen atoms in total. The van der Waals surface area contributed by atoms with Gasteiger partial charge in [-0.2, -0.15) is 0 Å². The highest BCUT2D eigenvalue weighted by atomic mass is 32.1. The van der Waals surface area contributed by atoms with Crippen LogP contribution in [0, 0.1) is 0 Å². The molecule has 0 radical (unpaired) electrons. The molecule has 0 fully saturated rings. The predicted octanol–water partition coefficient (Wildman–Crippen LogP) is 2.05. The quantitative estimate of drug-likeness (QED) is 0.760. The third kappa shape index (κ3) is 4.30. The maximum absolute atomic E-state index is 10.2. The number of aliphatic hydroxyl groups is 1. The van der Waals surface area contributed by atoms with Gasteiger partial charge in [-0.15, -0.1) is 11.3 Å². The standard InChI is InChI=1S/C11H18O3S/c1-11(12,8-10(13-2)14-3)7-9-5-4-6-15-9/h4-6,10,12H,7-8H2,1-3H3. The molecule has 1 atom stereocenters. The van der Waals surface area contributed by atoms with Gasteiger partial charge in [-0.1, -0.05) is 6.07 Å². The number of rotatable bonds is 6. The molecule has 0 aliphatic rings. The van der Waals surface area contributed by atoms with Gasteiger partial charge in [0.1, 0.15) is 0 Å². The van der Waals surface area contributed by atoms with E-state index in [0.717, 1.165) is 0 Å². The van der Waals surface area contributed by atoms with Crippen molar-refractivity contribution < 1.29 is 14.6 Å². The van der Waals surface area contributed by atoms with Gasteiger partial charge in [-0.25, -0.2) is 0 Å². The zero-order valence-corrected chi connectivity index (χ0v) is 10.2. The minimum absolute atomic E-state index is 0.347. The lowest BCUT2D eigenvalue weighted by Crippen LogP contribution is -2.33. The van der Waals surface area contributed by atoms with Crippen LogP contribution >= 0.6 is 11.3 Å². The maximum atomic E-state index is 10.2. The minimum atomic E-state index is -0.790. The molecule has 15 heavy (non-hydrogen) atoms. The predicted molar refractivity (Wildman–Crippen MR) is 61.1 cm³/mol. The molecule has 1 unspecified atom stereocenters. The minimum Gasteiger partial charge on any atom is -0.390 e. The summed E-state index contributed by atoms with van der Waals surface area (Å²) in [5.41, 5.74) is -0.790. The van der Waals surface area contributed by atoms with Crippen LogP contribution in [-0.2, 0) is 15.9 Å². The van der Waals surface area contributed by atoms with E-state index in [-0.39, 0.29) is 6.29 Å². The molecule has 0 amide bonds. The van der Waals surface area contributed by atoms with Crippen molar-refractivity contribution in [2.45, 2.75) is 31.7 Å². The molecule has 1 aromatic rings. The van der Waals surface area contributed by atoms with Gasteiger partial charge in [-0.3, -0.25) is 0 Å². The second kappa shape index (κ2) is 5.61. The molecular weight excluding hydrogens is 212 g/mol. The van der Waals surface area contributed by atoms with Gasteiger partial charge in [-0.05, 0) is 18.4 Å². The Balaban J connectivity index is 2.51. The van der Waals surface area contributed by atoms with Crippen LogP contribution in [0.1, 0.15) is 18.2 Å². The van der Waals surface area contributed by atoms with Gasteiger partial charge in [0.15, 0.2) is 6.29 Å². The molecule has 1 heterocycles. The largest absolute Gasteiger partial charge is 0.390 e. The third-order valence-corrected chi connectivity index (χ3v) is 3.14. The van der Waals surface area contributed by atoms with Crippen LogP contribution in [-0.4, -0.2) is 31.2 Å². The zero-order valence-electron chi connectivity index (χ0n) is 9.40. The Morgan fingerprint density at radius 1 is 1.47 bits per heavy atom. The highest BCUT2D eigenvalue weighted by molar-refractivity contribution is 7.09. The number of ether oxygens (including phenoxy) is 2. The zero-order chi connectivity index (χ0) is 11.3. The fraction of sp³-hybridized carbons (Fsp3) is 0.636. The van der Waals surface area contributed by atoms with Crippen molar-refractivity contribution in [3.63, 3.8) is 0 Å². The van der Waals surface area contributed by atoms with E-state index in [4.69, 9.17) is 9.47 Å². The normalized spacial score (nSPS) is 15.5. The molecule has 0 aliphatic carbocycles. The Labute approximate surface area is 94.6 Å².